The Morgan fingerprint density at radius 1 is 1.35 bits per heavy atom. The quantitative estimate of drug-likeness (QED) is 0.466. The molecular formula is C11H17ClNO3S+. The number of rotatable bonds is 7. The van der Waals surface area contributed by atoms with Crippen molar-refractivity contribution in [2.75, 3.05) is 11.6 Å². The van der Waals surface area contributed by atoms with E-state index in [9.17, 15) is 8.42 Å². The summed E-state index contributed by atoms with van der Waals surface area (Å²) in [4.78, 5) is 0. The van der Waals surface area contributed by atoms with E-state index in [1.807, 2.05) is 29.1 Å². The summed E-state index contributed by atoms with van der Waals surface area (Å²) in [6.45, 7) is 0.578. The lowest BCUT2D eigenvalue weighted by atomic mass is 10.2. The van der Waals surface area contributed by atoms with Crippen molar-refractivity contribution in [1.29, 1.82) is 0 Å². The van der Waals surface area contributed by atoms with Crippen molar-refractivity contribution in [2.45, 2.75) is 25.8 Å². The Balaban J connectivity index is 2.48. The van der Waals surface area contributed by atoms with Crippen LogP contribution in [-0.4, -0.2) is 24.6 Å². The lowest BCUT2D eigenvalue weighted by Crippen LogP contribution is -2.34. The predicted molar refractivity (Wildman–Crippen MR) is 66.7 cm³/mol. The molecule has 0 saturated heterocycles. The molecule has 0 spiro atoms. The minimum Gasteiger partial charge on any atom is -0.286 e. The van der Waals surface area contributed by atoms with Gasteiger partial charge in [-0.3, -0.25) is 4.55 Å². The summed E-state index contributed by atoms with van der Waals surface area (Å²) in [5, 5.41) is 0. The molecule has 0 aliphatic heterocycles. The largest absolute Gasteiger partial charge is 0.286 e. The Kier molecular flexibility index (Phi) is 5.88. The standard InChI is InChI=1S/C11H16ClNO3S/c12-6-1-4-11-5-2-7-13(10-11)8-3-9-17(14,15)16/h2,5,7,10H,1,3-4,6,8-9H2/p+1. The molecule has 0 amide bonds. The van der Waals surface area contributed by atoms with Crippen LogP contribution in [0.25, 0.3) is 0 Å². The predicted octanol–water partition coefficient (Wildman–Crippen LogP) is 1.42. The van der Waals surface area contributed by atoms with Crippen LogP contribution >= 0.6 is 11.6 Å². The van der Waals surface area contributed by atoms with E-state index < -0.39 is 10.1 Å². The van der Waals surface area contributed by atoms with Gasteiger partial charge in [-0.15, -0.1) is 11.6 Å². The topological polar surface area (TPSA) is 58.3 Å². The van der Waals surface area contributed by atoms with Gasteiger partial charge in [0.25, 0.3) is 10.1 Å². The van der Waals surface area contributed by atoms with Gasteiger partial charge in [0.2, 0.25) is 0 Å². The molecule has 4 nitrogen and oxygen atoms in total. The van der Waals surface area contributed by atoms with E-state index >= 15 is 0 Å². The Bertz CT molecular complexity index is 448. The van der Waals surface area contributed by atoms with Crippen molar-refractivity contribution in [2.24, 2.45) is 0 Å². The smallest absolute Gasteiger partial charge is 0.265 e. The number of pyridine rings is 1. The third-order valence-electron chi connectivity index (χ3n) is 2.34. The van der Waals surface area contributed by atoms with Gasteiger partial charge < -0.3 is 0 Å². The molecule has 1 N–H and O–H groups in total. The maximum absolute atomic E-state index is 10.6. The Hall–Kier alpha value is -0.650. The summed E-state index contributed by atoms with van der Waals surface area (Å²) < 4.78 is 31.7. The zero-order valence-corrected chi connectivity index (χ0v) is 11.1. The molecule has 96 valence electrons. The van der Waals surface area contributed by atoms with E-state index in [0.717, 1.165) is 12.8 Å². The second kappa shape index (κ2) is 6.93. The zero-order valence-electron chi connectivity index (χ0n) is 9.55. The summed E-state index contributed by atoms with van der Waals surface area (Å²) in [5.41, 5.74) is 1.18. The lowest BCUT2D eigenvalue weighted by molar-refractivity contribution is -0.697. The average Bonchev–Trinajstić information content (AvgIpc) is 2.25. The van der Waals surface area contributed by atoms with Gasteiger partial charge >= 0.3 is 0 Å². The molecule has 1 aromatic heterocycles. The molecule has 0 bridgehead atoms. The average molecular weight is 279 g/mol. The van der Waals surface area contributed by atoms with Gasteiger partial charge in [0, 0.05) is 23.9 Å². The summed E-state index contributed by atoms with van der Waals surface area (Å²) in [6.07, 6.45) is 6.12. The van der Waals surface area contributed by atoms with Crippen LogP contribution in [0.4, 0.5) is 0 Å². The zero-order chi connectivity index (χ0) is 12.7. The van der Waals surface area contributed by atoms with Crippen molar-refractivity contribution in [3.8, 4) is 0 Å². The van der Waals surface area contributed by atoms with Crippen LogP contribution in [0.3, 0.4) is 0 Å². The van der Waals surface area contributed by atoms with Crippen LogP contribution in [0.15, 0.2) is 24.5 Å². The molecule has 0 unspecified atom stereocenters. The molecule has 0 radical (unpaired) electrons. The highest BCUT2D eigenvalue weighted by Crippen LogP contribution is 2.00. The summed E-state index contributed by atoms with van der Waals surface area (Å²) in [7, 11) is -3.85. The monoisotopic (exact) mass is 278 g/mol. The number of nitrogens with zero attached hydrogens (tertiary/aromatic N) is 1. The molecular weight excluding hydrogens is 262 g/mol. The third kappa shape index (κ3) is 6.61. The Labute approximate surface area is 107 Å². The van der Waals surface area contributed by atoms with E-state index in [-0.39, 0.29) is 5.75 Å². The third-order valence-corrected chi connectivity index (χ3v) is 3.41. The first-order valence-corrected chi connectivity index (χ1v) is 7.65. The van der Waals surface area contributed by atoms with Gasteiger partial charge in [0.15, 0.2) is 12.4 Å². The maximum atomic E-state index is 10.6. The highest BCUT2D eigenvalue weighted by molar-refractivity contribution is 7.85. The van der Waals surface area contributed by atoms with Gasteiger partial charge in [-0.25, -0.2) is 4.57 Å². The molecule has 0 saturated carbocycles. The van der Waals surface area contributed by atoms with Crippen molar-refractivity contribution < 1.29 is 17.5 Å². The fraction of sp³-hybridized carbons (Fsp3) is 0.545. The summed E-state index contributed by atoms with van der Waals surface area (Å²) >= 11 is 5.62. The highest BCUT2D eigenvalue weighted by Gasteiger charge is 2.07. The first kappa shape index (κ1) is 14.4. The first-order valence-electron chi connectivity index (χ1n) is 5.50. The molecule has 1 heterocycles. The SMILES string of the molecule is O=S(=O)(O)CCC[n+]1cccc(CCCCl)c1. The molecule has 1 rings (SSSR count). The van der Waals surface area contributed by atoms with Crippen LogP contribution in [-0.2, 0) is 23.1 Å². The number of alkyl halides is 1. The molecule has 0 aliphatic carbocycles. The Morgan fingerprint density at radius 3 is 2.76 bits per heavy atom. The van der Waals surface area contributed by atoms with Crippen LogP contribution in [0.1, 0.15) is 18.4 Å². The van der Waals surface area contributed by atoms with E-state index in [4.69, 9.17) is 16.2 Å². The number of halogens is 1. The van der Waals surface area contributed by atoms with Crippen molar-refractivity contribution in [3.63, 3.8) is 0 Å². The van der Waals surface area contributed by atoms with Crippen molar-refractivity contribution in [3.05, 3.63) is 30.1 Å². The normalized spacial score (nSPS) is 11.6. The molecule has 0 atom stereocenters. The fourth-order valence-electron chi connectivity index (χ4n) is 1.56. The van der Waals surface area contributed by atoms with E-state index in [1.165, 1.54) is 5.56 Å². The second-order valence-electron chi connectivity index (χ2n) is 3.88. The Morgan fingerprint density at radius 2 is 2.12 bits per heavy atom. The van der Waals surface area contributed by atoms with Crippen molar-refractivity contribution >= 4 is 21.7 Å². The van der Waals surface area contributed by atoms with Gasteiger partial charge in [-0.05, 0) is 18.9 Å². The molecule has 0 aliphatic rings. The maximum Gasteiger partial charge on any atom is 0.265 e. The molecule has 0 fully saturated rings. The number of aromatic nitrogens is 1. The molecule has 0 aromatic carbocycles. The second-order valence-corrected chi connectivity index (χ2v) is 5.83. The van der Waals surface area contributed by atoms with Crippen LogP contribution < -0.4 is 4.57 Å². The minimum atomic E-state index is -3.85. The van der Waals surface area contributed by atoms with Gasteiger partial charge in [-0.2, -0.15) is 8.42 Å². The molecule has 1 aromatic rings. The van der Waals surface area contributed by atoms with Gasteiger partial charge in [0.1, 0.15) is 6.54 Å². The van der Waals surface area contributed by atoms with Crippen LogP contribution in [0.5, 0.6) is 0 Å². The van der Waals surface area contributed by atoms with Crippen LogP contribution in [0.2, 0.25) is 0 Å². The highest BCUT2D eigenvalue weighted by atomic mass is 35.5. The fourth-order valence-corrected chi connectivity index (χ4v) is 2.19. The van der Waals surface area contributed by atoms with Gasteiger partial charge in [-0.1, -0.05) is 0 Å². The van der Waals surface area contributed by atoms with E-state index in [2.05, 4.69) is 0 Å². The molecule has 6 heteroatoms. The minimum absolute atomic E-state index is 0.202. The van der Waals surface area contributed by atoms with Gasteiger partial charge in [0.05, 0.1) is 5.75 Å². The molecule has 17 heavy (non-hydrogen) atoms. The van der Waals surface area contributed by atoms with Crippen molar-refractivity contribution in [1.82, 2.24) is 0 Å². The summed E-state index contributed by atoms with van der Waals surface area (Å²) in [6, 6.07) is 3.95. The number of aryl methyl sites for hydroxylation is 2. The van der Waals surface area contributed by atoms with E-state index in [1.54, 1.807) is 0 Å². The number of hydrogen-bond donors (Lipinski definition) is 1. The van der Waals surface area contributed by atoms with E-state index in [0.29, 0.717) is 18.8 Å². The summed E-state index contributed by atoms with van der Waals surface area (Å²) in [5.74, 6) is 0.434. The lowest BCUT2D eigenvalue weighted by Gasteiger charge is -2.00. The number of hydrogen-bond acceptors (Lipinski definition) is 2. The van der Waals surface area contributed by atoms with Crippen LogP contribution in [0, 0.1) is 0 Å². The first-order chi connectivity index (χ1) is 8.01.